The molecule has 0 heterocycles. The maximum absolute atomic E-state index is 8.64. The number of hydrogen-bond donors (Lipinski definition) is 2. The molecule has 0 spiro atoms. The molecule has 0 bridgehead atoms. The quantitative estimate of drug-likeness (QED) is 0.662. The molecule has 14 heavy (non-hydrogen) atoms. The largest absolute Gasteiger partial charge is 0.395 e. The predicted octanol–water partition coefficient (Wildman–Crippen LogP) is 1.49. The Morgan fingerprint density at radius 3 is 1.57 bits per heavy atom. The molecular weight excluding hydrogens is 178 g/mol. The fraction of sp³-hybridized carbons (Fsp3) is 1.00. The Kier molecular flexibility index (Phi) is 17.9. The van der Waals surface area contributed by atoms with Crippen molar-refractivity contribution in [3.05, 3.63) is 0 Å². The van der Waals surface area contributed by atoms with E-state index in [0.29, 0.717) is 13.1 Å². The topological polar surface area (TPSA) is 43.7 Å². The molecule has 88 valence electrons. The zero-order chi connectivity index (χ0) is 11.2. The minimum Gasteiger partial charge on any atom is -0.395 e. The smallest absolute Gasteiger partial charge is 0.0558 e. The van der Waals surface area contributed by atoms with Crippen LogP contribution in [0.4, 0.5) is 0 Å². The van der Waals surface area contributed by atoms with E-state index in [9.17, 15) is 0 Å². The average molecular weight is 205 g/mol. The number of aliphatic hydroxyl groups is 2. The fourth-order valence-electron chi connectivity index (χ4n) is 1.000. The molecule has 0 unspecified atom stereocenters. The minimum absolute atomic E-state index is 0.184. The monoisotopic (exact) mass is 205 g/mol. The summed E-state index contributed by atoms with van der Waals surface area (Å²) in [6, 6.07) is 0. The van der Waals surface area contributed by atoms with E-state index in [1.807, 2.05) is 0 Å². The van der Waals surface area contributed by atoms with Crippen LogP contribution >= 0.6 is 0 Å². The van der Waals surface area contributed by atoms with Gasteiger partial charge in [-0.1, -0.05) is 33.6 Å². The van der Waals surface area contributed by atoms with Crippen LogP contribution in [0.15, 0.2) is 0 Å². The van der Waals surface area contributed by atoms with E-state index >= 15 is 0 Å². The van der Waals surface area contributed by atoms with Gasteiger partial charge in [-0.3, -0.25) is 4.90 Å². The highest BCUT2D eigenvalue weighted by Crippen LogP contribution is 1.93. The third kappa shape index (κ3) is 14.4. The van der Waals surface area contributed by atoms with E-state index < -0.39 is 0 Å². The van der Waals surface area contributed by atoms with E-state index in [-0.39, 0.29) is 13.2 Å². The lowest BCUT2D eigenvalue weighted by Gasteiger charge is -2.19. The summed E-state index contributed by atoms with van der Waals surface area (Å²) < 4.78 is 0. The molecular formula is C11H27NO2. The molecule has 0 aromatic rings. The lowest BCUT2D eigenvalue weighted by atomic mass is 10.3. The Morgan fingerprint density at radius 1 is 0.857 bits per heavy atom. The van der Waals surface area contributed by atoms with Gasteiger partial charge in [0.1, 0.15) is 0 Å². The fourth-order valence-corrected chi connectivity index (χ4v) is 1.000. The van der Waals surface area contributed by atoms with Crippen molar-refractivity contribution in [1.29, 1.82) is 0 Å². The molecule has 0 atom stereocenters. The molecule has 0 aromatic carbocycles. The van der Waals surface area contributed by atoms with Crippen molar-refractivity contribution in [2.45, 2.75) is 40.0 Å². The van der Waals surface area contributed by atoms with Crippen LogP contribution in [0.5, 0.6) is 0 Å². The van der Waals surface area contributed by atoms with Crippen LogP contribution in [-0.2, 0) is 0 Å². The van der Waals surface area contributed by atoms with Crippen molar-refractivity contribution in [3.63, 3.8) is 0 Å². The zero-order valence-corrected chi connectivity index (χ0v) is 10.00. The van der Waals surface area contributed by atoms with Gasteiger partial charge in [0.15, 0.2) is 0 Å². The van der Waals surface area contributed by atoms with Crippen LogP contribution < -0.4 is 0 Å². The summed E-state index contributed by atoms with van der Waals surface area (Å²) in [7, 11) is 0. The van der Waals surface area contributed by atoms with Gasteiger partial charge >= 0.3 is 0 Å². The van der Waals surface area contributed by atoms with Crippen LogP contribution in [-0.4, -0.2) is 48.0 Å². The second kappa shape index (κ2) is 15.4. The number of unbranched alkanes of at least 4 members (excludes halogenated alkanes) is 1. The molecule has 3 nitrogen and oxygen atoms in total. The molecule has 2 N–H and O–H groups in total. The maximum Gasteiger partial charge on any atom is 0.0558 e. The Bertz CT molecular complexity index is 83.4. The number of rotatable bonds is 7. The number of aliphatic hydroxyl groups excluding tert-OH is 2. The number of hydrogen-bond acceptors (Lipinski definition) is 3. The lowest BCUT2D eigenvalue weighted by molar-refractivity contribution is 0.159. The standard InChI is InChI=1S/C8H19NO2.C3H8/c1-2-3-4-9(5-7-10)6-8-11;1-3-2/h10-11H,2-8H2,1H3;3H2,1-2H3. The Labute approximate surface area is 88.7 Å². The predicted molar refractivity (Wildman–Crippen MR) is 61.5 cm³/mol. The highest BCUT2D eigenvalue weighted by atomic mass is 16.3. The van der Waals surface area contributed by atoms with Crippen molar-refractivity contribution in [2.24, 2.45) is 0 Å². The van der Waals surface area contributed by atoms with Gasteiger partial charge in [0.2, 0.25) is 0 Å². The summed E-state index contributed by atoms with van der Waals surface area (Å²) in [6.45, 7) is 9.10. The van der Waals surface area contributed by atoms with E-state index in [4.69, 9.17) is 10.2 Å². The average Bonchev–Trinajstić information content (AvgIpc) is 2.16. The second-order valence-electron chi connectivity index (χ2n) is 3.35. The van der Waals surface area contributed by atoms with E-state index in [1.54, 1.807) is 0 Å². The van der Waals surface area contributed by atoms with Gasteiger partial charge in [0, 0.05) is 13.1 Å². The first-order valence-corrected chi connectivity index (χ1v) is 5.70. The van der Waals surface area contributed by atoms with Crippen molar-refractivity contribution >= 4 is 0 Å². The first-order valence-electron chi connectivity index (χ1n) is 5.70. The first-order chi connectivity index (χ1) is 6.76. The Balaban J connectivity index is 0. The molecule has 0 amide bonds. The molecule has 0 fully saturated rings. The van der Waals surface area contributed by atoms with Gasteiger partial charge in [-0.25, -0.2) is 0 Å². The van der Waals surface area contributed by atoms with Crippen molar-refractivity contribution < 1.29 is 10.2 Å². The summed E-state index contributed by atoms with van der Waals surface area (Å²) in [5.41, 5.74) is 0. The molecule has 0 rings (SSSR count). The molecule has 0 aliphatic heterocycles. The molecule has 0 aliphatic rings. The summed E-state index contributed by atoms with van der Waals surface area (Å²) in [5.74, 6) is 0. The van der Waals surface area contributed by atoms with Gasteiger partial charge < -0.3 is 10.2 Å². The minimum atomic E-state index is 0.184. The van der Waals surface area contributed by atoms with Gasteiger partial charge in [-0.05, 0) is 13.0 Å². The van der Waals surface area contributed by atoms with Crippen molar-refractivity contribution in [2.75, 3.05) is 32.8 Å². The van der Waals surface area contributed by atoms with Crippen LogP contribution in [0.25, 0.3) is 0 Å². The summed E-state index contributed by atoms with van der Waals surface area (Å²) in [5, 5.41) is 17.3. The van der Waals surface area contributed by atoms with Gasteiger partial charge in [0.25, 0.3) is 0 Å². The molecule has 0 saturated carbocycles. The number of nitrogens with zero attached hydrogens (tertiary/aromatic N) is 1. The van der Waals surface area contributed by atoms with Crippen LogP contribution in [0, 0.1) is 0 Å². The molecule has 0 aliphatic carbocycles. The van der Waals surface area contributed by atoms with Crippen LogP contribution in [0.1, 0.15) is 40.0 Å². The lowest BCUT2D eigenvalue weighted by Crippen LogP contribution is -2.30. The maximum atomic E-state index is 8.64. The van der Waals surface area contributed by atoms with Gasteiger partial charge in [-0.15, -0.1) is 0 Å². The molecule has 0 aromatic heterocycles. The summed E-state index contributed by atoms with van der Waals surface area (Å²) >= 11 is 0. The van der Waals surface area contributed by atoms with Crippen molar-refractivity contribution in [3.8, 4) is 0 Å². The molecule has 0 saturated heterocycles. The first kappa shape index (κ1) is 16.3. The van der Waals surface area contributed by atoms with Gasteiger partial charge in [-0.2, -0.15) is 0 Å². The Morgan fingerprint density at radius 2 is 1.29 bits per heavy atom. The highest BCUT2D eigenvalue weighted by Gasteiger charge is 2.00. The third-order valence-corrected chi connectivity index (χ3v) is 1.66. The van der Waals surface area contributed by atoms with E-state index in [0.717, 1.165) is 19.4 Å². The SMILES string of the molecule is CCC.CCCCN(CCO)CCO. The third-order valence-electron chi connectivity index (χ3n) is 1.66. The van der Waals surface area contributed by atoms with Crippen LogP contribution in [0.3, 0.4) is 0 Å². The van der Waals surface area contributed by atoms with E-state index in [1.165, 1.54) is 6.42 Å². The van der Waals surface area contributed by atoms with Crippen LogP contribution in [0.2, 0.25) is 0 Å². The van der Waals surface area contributed by atoms with Gasteiger partial charge in [0.05, 0.1) is 13.2 Å². The van der Waals surface area contributed by atoms with Crippen molar-refractivity contribution in [1.82, 2.24) is 4.90 Å². The second-order valence-corrected chi connectivity index (χ2v) is 3.35. The Hall–Kier alpha value is -0.120. The summed E-state index contributed by atoms with van der Waals surface area (Å²) in [6.07, 6.45) is 3.55. The normalized spacial score (nSPS) is 9.86. The van der Waals surface area contributed by atoms with E-state index in [2.05, 4.69) is 25.7 Å². The molecule has 0 radical (unpaired) electrons. The summed E-state index contributed by atoms with van der Waals surface area (Å²) in [4.78, 5) is 2.07. The zero-order valence-electron chi connectivity index (χ0n) is 10.00. The molecule has 3 heteroatoms. The highest BCUT2D eigenvalue weighted by molar-refractivity contribution is 4.55.